The zero-order valence-electron chi connectivity index (χ0n) is 9.79. The molecular formula is C13H21O2. The third-order valence-corrected chi connectivity index (χ3v) is 2.22. The highest BCUT2D eigenvalue weighted by molar-refractivity contribution is 5.04. The molecule has 0 N–H and O–H groups in total. The minimum absolute atomic E-state index is 0.807. The van der Waals surface area contributed by atoms with Crippen molar-refractivity contribution in [2.24, 2.45) is 0 Å². The number of aryl methyl sites for hydroxylation is 1. The van der Waals surface area contributed by atoms with E-state index in [0.717, 1.165) is 26.1 Å². The van der Waals surface area contributed by atoms with Crippen LogP contribution in [0.25, 0.3) is 0 Å². The minimum atomic E-state index is 0.807. The molecule has 85 valence electrons. The lowest BCUT2D eigenvalue weighted by Gasteiger charge is -2.05. The molecule has 0 saturated heterocycles. The third kappa shape index (κ3) is 6.34. The number of hydrogen-bond acceptors (Lipinski definition) is 2. The Labute approximate surface area is 92.6 Å². The van der Waals surface area contributed by atoms with Gasteiger partial charge in [-0.25, -0.2) is 0 Å². The van der Waals surface area contributed by atoms with Crippen LogP contribution in [-0.2, 0) is 11.2 Å². The van der Waals surface area contributed by atoms with Crippen LogP contribution in [0.15, 0.2) is 23.0 Å². The second-order valence-electron chi connectivity index (χ2n) is 4.20. The molecule has 2 nitrogen and oxygen atoms in total. The maximum absolute atomic E-state index is 5.48. The monoisotopic (exact) mass is 209 g/mol. The molecule has 1 radical (unpaired) electrons. The Morgan fingerprint density at radius 1 is 1.27 bits per heavy atom. The number of unbranched alkanes of at least 4 members (excludes halogenated alkanes) is 2. The van der Waals surface area contributed by atoms with E-state index in [2.05, 4.69) is 13.8 Å². The molecule has 0 atom stereocenters. The quantitative estimate of drug-likeness (QED) is 0.610. The lowest BCUT2D eigenvalue weighted by atomic mass is 10.1. The molecule has 1 aromatic heterocycles. The molecule has 2 heteroatoms. The lowest BCUT2D eigenvalue weighted by Crippen LogP contribution is -2.01. The van der Waals surface area contributed by atoms with Gasteiger partial charge in [-0.05, 0) is 36.8 Å². The first-order valence-corrected chi connectivity index (χ1v) is 5.67. The van der Waals surface area contributed by atoms with Crippen LogP contribution in [0.1, 0.15) is 38.7 Å². The normalized spacial score (nSPS) is 11.1. The molecule has 1 aromatic rings. The Balaban J connectivity index is 1.85. The third-order valence-electron chi connectivity index (χ3n) is 2.22. The van der Waals surface area contributed by atoms with Crippen molar-refractivity contribution in [2.75, 3.05) is 13.2 Å². The van der Waals surface area contributed by atoms with E-state index in [0.29, 0.717) is 0 Å². The van der Waals surface area contributed by atoms with Crippen molar-refractivity contribution in [3.05, 3.63) is 30.1 Å². The summed E-state index contributed by atoms with van der Waals surface area (Å²) in [6.07, 6.45) is 8.29. The maximum Gasteiger partial charge on any atom is 0.0934 e. The van der Waals surface area contributed by atoms with Crippen molar-refractivity contribution >= 4 is 0 Å². The molecule has 0 unspecified atom stereocenters. The topological polar surface area (TPSA) is 22.4 Å². The number of furan rings is 1. The fraction of sp³-hybridized carbons (Fsp3) is 0.615. The summed E-state index contributed by atoms with van der Waals surface area (Å²) in [7, 11) is 0. The molecule has 0 saturated carbocycles. The molecule has 0 aromatic carbocycles. The second-order valence-corrected chi connectivity index (χ2v) is 4.20. The van der Waals surface area contributed by atoms with Gasteiger partial charge in [0.2, 0.25) is 0 Å². The predicted molar refractivity (Wildman–Crippen MR) is 61.7 cm³/mol. The van der Waals surface area contributed by atoms with E-state index in [1.165, 1.54) is 24.3 Å². The first-order chi connectivity index (χ1) is 7.29. The summed E-state index contributed by atoms with van der Waals surface area (Å²) in [4.78, 5) is 0. The predicted octanol–water partition coefficient (Wildman–Crippen LogP) is 3.62. The number of ether oxygens (including phenoxy) is 1. The van der Waals surface area contributed by atoms with E-state index in [1.807, 2.05) is 12.3 Å². The first-order valence-electron chi connectivity index (χ1n) is 5.67. The van der Waals surface area contributed by atoms with Gasteiger partial charge in [-0.3, -0.25) is 0 Å². The highest BCUT2D eigenvalue weighted by Crippen LogP contribution is 2.07. The zero-order chi connectivity index (χ0) is 10.9. The van der Waals surface area contributed by atoms with Gasteiger partial charge in [0.05, 0.1) is 19.1 Å². The summed E-state index contributed by atoms with van der Waals surface area (Å²) in [6.45, 7) is 5.89. The molecule has 1 rings (SSSR count). The van der Waals surface area contributed by atoms with Gasteiger partial charge >= 0.3 is 0 Å². The number of hydrogen-bond donors (Lipinski definition) is 0. The van der Waals surface area contributed by atoms with Crippen molar-refractivity contribution in [3.63, 3.8) is 0 Å². The van der Waals surface area contributed by atoms with Gasteiger partial charge in [0.25, 0.3) is 0 Å². The lowest BCUT2D eigenvalue weighted by molar-refractivity contribution is 0.140. The van der Waals surface area contributed by atoms with Crippen molar-refractivity contribution in [1.29, 1.82) is 0 Å². The average molecular weight is 209 g/mol. The molecule has 0 fully saturated rings. The van der Waals surface area contributed by atoms with Gasteiger partial charge in [-0.1, -0.05) is 20.3 Å². The van der Waals surface area contributed by atoms with Crippen molar-refractivity contribution in [3.8, 4) is 0 Å². The highest BCUT2D eigenvalue weighted by Gasteiger charge is 1.96. The Kier molecular flexibility index (Phi) is 6.17. The van der Waals surface area contributed by atoms with E-state index < -0.39 is 0 Å². The van der Waals surface area contributed by atoms with Gasteiger partial charge in [0.1, 0.15) is 0 Å². The maximum atomic E-state index is 5.48. The van der Waals surface area contributed by atoms with Gasteiger partial charge in [-0.2, -0.15) is 0 Å². The number of rotatable bonds is 8. The molecular weight excluding hydrogens is 188 g/mol. The van der Waals surface area contributed by atoms with Gasteiger partial charge in [-0.15, -0.1) is 0 Å². The molecule has 0 spiro atoms. The zero-order valence-corrected chi connectivity index (χ0v) is 9.79. The van der Waals surface area contributed by atoms with E-state index >= 15 is 0 Å². The van der Waals surface area contributed by atoms with Gasteiger partial charge in [0.15, 0.2) is 0 Å². The summed E-state index contributed by atoms with van der Waals surface area (Å²) in [5, 5.41) is 0. The Hall–Kier alpha value is -0.760. The highest BCUT2D eigenvalue weighted by atomic mass is 16.5. The fourth-order valence-corrected chi connectivity index (χ4v) is 1.42. The summed E-state index contributed by atoms with van der Waals surface area (Å²) < 4.78 is 10.5. The molecule has 15 heavy (non-hydrogen) atoms. The average Bonchev–Trinajstić information content (AvgIpc) is 2.68. The fourth-order valence-electron chi connectivity index (χ4n) is 1.42. The molecule has 1 heterocycles. The Bertz CT molecular complexity index is 227. The van der Waals surface area contributed by atoms with Gasteiger partial charge < -0.3 is 9.15 Å². The van der Waals surface area contributed by atoms with E-state index in [-0.39, 0.29) is 0 Å². The molecule has 0 aliphatic carbocycles. The summed E-state index contributed by atoms with van der Waals surface area (Å²) in [5.41, 5.74) is 1.30. The molecule has 0 aliphatic heterocycles. The van der Waals surface area contributed by atoms with Crippen molar-refractivity contribution < 1.29 is 9.15 Å². The second kappa shape index (κ2) is 7.52. The summed E-state index contributed by atoms with van der Waals surface area (Å²) in [6, 6.07) is 2.03. The first kappa shape index (κ1) is 12.3. The van der Waals surface area contributed by atoms with E-state index in [4.69, 9.17) is 9.15 Å². The Morgan fingerprint density at radius 2 is 2.13 bits per heavy atom. The van der Waals surface area contributed by atoms with E-state index in [9.17, 15) is 0 Å². The smallest absolute Gasteiger partial charge is 0.0934 e. The van der Waals surface area contributed by atoms with Crippen LogP contribution in [0, 0.1) is 5.92 Å². The van der Waals surface area contributed by atoms with Crippen molar-refractivity contribution in [2.45, 2.75) is 39.5 Å². The largest absolute Gasteiger partial charge is 0.472 e. The SMILES string of the molecule is C[C](C)COCCCCCc1ccoc1. The van der Waals surface area contributed by atoms with Crippen molar-refractivity contribution in [1.82, 2.24) is 0 Å². The van der Waals surface area contributed by atoms with Crippen LogP contribution in [-0.4, -0.2) is 13.2 Å². The molecule has 0 bridgehead atoms. The molecule has 0 aliphatic rings. The van der Waals surface area contributed by atoms with Crippen LogP contribution >= 0.6 is 0 Å². The minimum Gasteiger partial charge on any atom is -0.472 e. The van der Waals surface area contributed by atoms with Gasteiger partial charge in [0, 0.05) is 6.61 Å². The summed E-state index contributed by atoms with van der Waals surface area (Å²) in [5.74, 6) is 1.34. The Morgan fingerprint density at radius 3 is 2.80 bits per heavy atom. The molecule has 0 amide bonds. The van der Waals surface area contributed by atoms with Crippen LogP contribution in [0.3, 0.4) is 0 Å². The van der Waals surface area contributed by atoms with Crippen LogP contribution in [0.4, 0.5) is 0 Å². The standard InChI is InChI=1S/C13H21O2/c1-12(2)10-14-8-5-3-4-6-13-7-9-15-11-13/h7,9,11H,3-6,8,10H2,1-2H3. The van der Waals surface area contributed by atoms with E-state index in [1.54, 1.807) is 6.26 Å². The van der Waals surface area contributed by atoms with Crippen LogP contribution < -0.4 is 0 Å². The summed E-state index contributed by atoms with van der Waals surface area (Å²) >= 11 is 0. The van der Waals surface area contributed by atoms with Crippen LogP contribution in [0.5, 0.6) is 0 Å². The van der Waals surface area contributed by atoms with Crippen LogP contribution in [0.2, 0.25) is 0 Å².